The molecule has 0 saturated carbocycles. The number of hydrogen-bond acceptors (Lipinski definition) is 4. The lowest BCUT2D eigenvalue weighted by Crippen LogP contribution is -2.36. The number of carbonyl (C=O) groups is 1. The fourth-order valence-electron chi connectivity index (χ4n) is 3.11. The van der Waals surface area contributed by atoms with Crippen molar-refractivity contribution in [3.8, 4) is 11.3 Å². The second-order valence-corrected chi connectivity index (χ2v) is 6.21. The summed E-state index contributed by atoms with van der Waals surface area (Å²) in [6, 6.07) is 17.1. The van der Waals surface area contributed by atoms with Crippen LogP contribution < -0.4 is 10.2 Å². The Hall–Kier alpha value is -3.12. The molecule has 0 bridgehead atoms. The molecule has 1 aliphatic rings. The molecule has 1 aliphatic heterocycles. The SMILES string of the molecule is O=C(Nc1ccccc1N1CCOCC1)c1ccc(-c2ccccc2F)o1. The fraction of sp³-hybridized carbons (Fsp3) is 0.190. The number of para-hydroxylation sites is 2. The van der Waals surface area contributed by atoms with Crippen LogP contribution in [0.3, 0.4) is 0 Å². The summed E-state index contributed by atoms with van der Waals surface area (Å²) in [7, 11) is 0. The van der Waals surface area contributed by atoms with E-state index < -0.39 is 5.82 Å². The topological polar surface area (TPSA) is 54.7 Å². The van der Waals surface area contributed by atoms with E-state index in [-0.39, 0.29) is 11.7 Å². The van der Waals surface area contributed by atoms with Gasteiger partial charge < -0.3 is 19.4 Å². The van der Waals surface area contributed by atoms with E-state index >= 15 is 0 Å². The molecule has 0 spiro atoms. The summed E-state index contributed by atoms with van der Waals surface area (Å²) in [5.41, 5.74) is 1.97. The number of anilines is 2. The number of amides is 1. The summed E-state index contributed by atoms with van der Waals surface area (Å²) < 4.78 is 24.9. The first kappa shape index (κ1) is 17.3. The van der Waals surface area contributed by atoms with Crippen molar-refractivity contribution in [3.63, 3.8) is 0 Å². The highest BCUT2D eigenvalue weighted by Gasteiger charge is 2.18. The molecule has 6 heteroatoms. The van der Waals surface area contributed by atoms with E-state index in [1.54, 1.807) is 30.3 Å². The van der Waals surface area contributed by atoms with Crippen LogP contribution in [0.4, 0.5) is 15.8 Å². The molecule has 1 amide bonds. The van der Waals surface area contributed by atoms with Crippen molar-refractivity contribution >= 4 is 17.3 Å². The van der Waals surface area contributed by atoms with Crippen molar-refractivity contribution in [1.82, 2.24) is 0 Å². The van der Waals surface area contributed by atoms with Crippen molar-refractivity contribution in [2.75, 3.05) is 36.5 Å². The number of rotatable bonds is 4. The Bertz CT molecular complexity index is 948. The maximum Gasteiger partial charge on any atom is 0.291 e. The van der Waals surface area contributed by atoms with Gasteiger partial charge in [0.05, 0.1) is 30.2 Å². The van der Waals surface area contributed by atoms with Crippen LogP contribution in [0, 0.1) is 5.82 Å². The molecular formula is C21H19FN2O3. The third kappa shape index (κ3) is 3.71. The van der Waals surface area contributed by atoms with Crippen LogP contribution in [0.2, 0.25) is 0 Å². The van der Waals surface area contributed by atoms with Crippen LogP contribution in [0.15, 0.2) is 65.1 Å². The summed E-state index contributed by atoms with van der Waals surface area (Å²) in [6.45, 7) is 2.86. The maximum atomic E-state index is 13.9. The Morgan fingerprint density at radius 1 is 0.963 bits per heavy atom. The molecule has 0 unspecified atom stereocenters. The van der Waals surface area contributed by atoms with Crippen LogP contribution in [-0.2, 0) is 4.74 Å². The molecule has 3 aromatic rings. The number of morpholine rings is 1. The van der Waals surface area contributed by atoms with E-state index in [4.69, 9.17) is 9.15 Å². The van der Waals surface area contributed by atoms with Gasteiger partial charge in [-0.1, -0.05) is 24.3 Å². The van der Waals surface area contributed by atoms with Crippen LogP contribution in [0.25, 0.3) is 11.3 Å². The second-order valence-electron chi connectivity index (χ2n) is 6.21. The molecule has 138 valence electrons. The Balaban J connectivity index is 1.54. The highest BCUT2D eigenvalue weighted by molar-refractivity contribution is 6.04. The molecule has 0 atom stereocenters. The lowest BCUT2D eigenvalue weighted by molar-refractivity contribution is 0.0997. The molecule has 27 heavy (non-hydrogen) atoms. The zero-order chi connectivity index (χ0) is 18.6. The lowest BCUT2D eigenvalue weighted by Gasteiger charge is -2.30. The number of halogens is 1. The lowest BCUT2D eigenvalue weighted by atomic mass is 10.1. The minimum atomic E-state index is -0.392. The first-order valence-electron chi connectivity index (χ1n) is 8.80. The van der Waals surface area contributed by atoms with E-state index in [1.165, 1.54) is 6.07 Å². The van der Waals surface area contributed by atoms with Gasteiger partial charge in [0.2, 0.25) is 0 Å². The van der Waals surface area contributed by atoms with Crippen molar-refractivity contribution < 1.29 is 18.3 Å². The highest BCUT2D eigenvalue weighted by atomic mass is 19.1. The Morgan fingerprint density at radius 3 is 2.52 bits per heavy atom. The maximum absolute atomic E-state index is 13.9. The summed E-state index contributed by atoms with van der Waals surface area (Å²) >= 11 is 0. The predicted molar refractivity (Wildman–Crippen MR) is 102 cm³/mol. The molecule has 0 radical (unpaired) electrons. The van der Waals surface area contributed by atoms with Crippen LogP contribution in [0.5, 0.6) is 0 Å². The van der Waals surface area contributed by atoms with Gasteiger partial charge in [0.15, 0.2) is 5.76 Å². The number of nitrogens with one attached hydrogen (secondary N) is 1. The molecule has 1 saturated heterocycles. The van der Waals surface area contributed by atoms with E-state index in [2.05, 4.69) is 10.2 Å². The molecule has 1 N–H and O–H groups in total. The van der Waals surface area contributed by atoms with Gasteiger partial charge >= 0.3 is 0 Å². The summed E-state index contributed by atoms with van der Waals surface area (Å²) in [5.74, 6) is -0.320. The predicted octanol–water partition coefficient (Wildman–Crippen LogP) is 4.17. The molecule has 0 aliphatic carbocycles. The second kappa shape index (κ2) is 7.63. The van der Waals surface area contributed by atoms with Gasteiger partial charge in [-0.25, -0.2) is 4.39 Å². The molecule has 1 aromatic heterocycles. The van der Waals surface area contributed by atoms with Crippen molar-refractivity contribution in [2.45, 2.75) is 0 Å². The standard InChI is InChI=1S/C21H19FN2O3/c22-16-6-2-1-5-15(16)19-9-10-20(27-19)21(25)23-17-7-3-4-8-18(17)24-11-13-26-14-12-24/h1-10H,11-14H2,(H,23,25). The normalized spacial score (nSPS) is 14.2. The van der Waals surface area contributed by atoms with Crippen LogP contribution >= 0.6 is 0 Å². The quantitative estimate of drug-likeness (QED) is 0.753. The van der Waals surface area contributed by atoms with Crippen LogP contribution in [0.1, 0.15) is 10.6 Å². The van der Waals surface area contributed by atoms with Gasteiger partial charge in [-0.3, -0.25) is 4.79 Å². The summed E-state index contributed by atoms with van der Waals surface area (Å²) in [6.07, 6.45) is 0. The van der Waals surface area contributed by atoms with Gasteiger partial charge in [0.1, 0.15) is 11.6 Å². The number of furan rings is 1. The van der Waals surface area contributed by atoms with Gasteiger partial charge in [-0.15, -0.1) is 0 Å². The third-order valence-corrected chi connectivity index (χ3v) is 4.47. The molecule has 1 fully saturated rings. The number of hydrogen-bond donors (Lipinski definition) is 1. The first-order chi connectivity index (χ1) is 13.2. The third-order valence-electron chi connectivity index (χ3n) is 4.47. The summed E-state index contributed by atoms with van der Waals surface area (Å²) in [4.78, 5) is 14.8. The van der Waals surface area contributed by atoms with Gasteiger partial charge in [0, 0.05) is 13.1 Å². The number of nitrogens with zero attached hydrogens (tertiary/aromatic N) is 1. The molecule has 2 heterocycles. The average molecular weight is 366 g/mol. The highest BCUT2D eigenvalue weighted by Crippen LogP contribution is 2.28. The van der Waals surface area contributed by atoms with Crippen molar-refractivity contribution in [1.29, 1.82) is 0 Å². The van der Waals surface area contributed by atoms with Crippen molar-refractivity contribution in [3.05, 3.63) is 72.2 Å². The zero-order valence-electron chi connectivity index (χ0n) is 14.7. The Kier molecular flexibility index (Phi) is 4.89. The Morgan fingerprint density at radius 2 is 1.70 bits per heavy atom. The van der Waals surface area contributed by atoms with E-state index in [1.807, 2.05) is 24.3 Å². The van der Waals surface area contributed by atoms with E-state index in [9.17, 15) is 9.18 Å². The van der Waals surface area contributed by atoms with Gasteiger partial charge in [-0.05, 0) is 36.4 Å². The number of carbonyl (C=O) groups excluding carboxylic acids is 1. The van der Waals surface area contributed by atoms with Gasteiger partial charge in [0.25, 0.3) is 5.91 Å². The molecule has 5 nitrogen and oxygen atoms in total. The van der Waals surface area contributed by atoms with E-state index in [0.29, 0.717) is 30.2 Å². The average Bonchev–Trinajstić information content (AvgIpc) is 3.19. The first-order valence-corrected chi connectivity index (χ1v) is 8.80. The fourth-order valence-corrected chi connectivity index (χ4v) is 3.11. The molecule has 4 rings (SSSR count). The van der Waals surface area contributed by atoms with Crippen LogP contribution in [-0.4, -0.2) is 32.2 Å². The van der Waals surface area contributed by atoms with E-state index in [0.717, 1.165) is 18.8 Å². The number of ether oxygens (including phenoxy) is 1. The minimum absolute atomic E-state index is 0.130. The monoisotopic (exact) mass is 366 g/mol. The zero-order valence-corrected chi connectivity index (χ0v) is 14.7. The number of benzene rings is 2. The Labute approximate surface area is 156 Å². The molecule has 2 aromatic carbocycles. The van der Waals surface area contributed by atoms with Crippen molar-refractivity contribution in [2.24, 2.45) is 0 Å². The van der Waals surface area contributed by atoms with Gasteiger partial charge in [-0.2, -0.15) is 0 Å². The minimum Gasteiger partial charge on any atom is -0.451 e. The largest absolute Gasteiger partial charge is 0.451 e. The molecular weight excluding hydrogens is 347 g/mol. The summed E-state index contributed by atoms with van der Waals surface area (Å²) in [5, 5.41) is 2.89. The smallest absolute Gasteiger partial charge is 0.291 e.